The zero-order valence-corrected chi connectivity index (χ0v) is 18.0. The summed E-state index contributed by atoms with van der Waals surface area (Å²) in [6.45, 7) is 10.0. The summed E-state index contributed by atoms with van der Waals surface area (Å²) in [5, 5.41) is 3.23. The van der Waals surface area contributed by atoms with E-state index in [-0.39, 0.29) is 48.3 Å². The molecule has 0 aromatic heterocycles. The molecule has 8 heteroatoms. The third-order valence-electron chi connectivity index (χ3n) is 3.75. The Morgan fingerprint density at radius 1 is 1.40 bits per heavy atom. The molecule has 0 saturated carbocycles. The highest BCUT2D eigenvalue weighted by Gasteiger charge is 2.28. The maximum Gasteiger partial charge on any atom is 0.310 e. The number of rotatable bonds is 6. The first-order valence-electron chi connectivity index (χ1n) is 8.39. The number of likely N-dealkylation sites (tertiary alicyclic amines) is 1. The van der Waals surface area contributed by atoms with Gasteiger partial charge in [0.25, 0.3) is 0 Å². The molecule has 1 rings (SSSR count). The van der Waals surface area contributed by atoms with Gasteiger partial charge < -0.3 is 19.9 Å². The lowest BCUT2D eigenvalue weighted by Gasteiger charge is -2.34. The van der Waals surface area contributed by atoms with Crippen LogP contribution in [0.1, 0.15) is 26.7 Å². The summed E-state index contributed by atoms with van der Waals surface area (Å²) in [5.74, 6) is 0.261. The maximum atomic E-state index is 12.0. The highest BCUT2D eigenvalue weighted by Crippen LogP contribution is 2.18. The molecule has 0 radical (unpaired) electrons. The van der Waals surface area contributed by atoms with Gasteiger partial charge in [-0.25, -0.2) is 4.99 Å². The van der Waals surface area contributed by atoms with Crippen LogP contribution in [0, 0.1) is 5.92 Å². The van der Waals surface area contributed by atoms with E-state index in [1.54, 1.807) is 14.1 Å². The fourth-order valence-electron chi connectivity index (χ4n) is 2.40. The number of guanidine groups is 1. The lowest BCUT2D eigenvalue weighted by atomic mass is 9.98. The first kappa shape index (κ1) is 23.7. The molecule has 1 aliphatic rings. The van der Waals surface area contributed by atoms with Gasteiger partial charge in [-0.3, -0.25) is 9.59 Å². The van der Waals surface area contributed by atoms with Gasteiger partial charge in [-0.2, -0.15) is 0 Å². The number of piperidine rings is 1. The average Bonchev–Trinajstić information content (AvgIpc) is 2.54. The molecule has 1 saturated heterocycles. The van der Waals surface area contributed by atoms with E-state index in [2.05, 4.69) is 16.9 Å². The average molecular weight is 466 g/mol. The van der Waals surface area contributed by atoms with Crippen LogP contribution in [0.3, 0.4) is 0 Å². The molecule has 1 heterocycles. The number of carbonyl (C=O) groups is 2. The largest absolute Gasteiger partial charge is 0.466 e. The van der Waals surface area contributed by atoms with Gasteiger partial charge in [0, 0.05) is 33.7 Å². The van der Waals surface area contributed by atoms with Crippen molar-refractivity contribution in [2.24, 2.45) is 10.9 Å². The van der Waals surface area contributed by atoms with Crippen molar-refractivity contribution in [1.29, 1.82) is 0 Å². The Balaban J connectivity index is 0.00000576. The fraction of sp³-hybridized carbons (Fsp3) is 0.706. The number of nitrogens with zero attached hydrogens (tertiary/aromatic N) is 3. The van der Waals surface area contributed by atoms with Crippen LogP contribution in [-0.4, -0.2) is 74.5 Å². The topological polar surface area (TPSA) is 74.2 Å². The Kier molecular flexibility index (Phi) is 11.5. The molecule has 0 spiro atoms. The first-order valence-corrected chi connectivity index (χ1v) is 8.39. The van der Waals surface area contributed by atoms with Gasteiger partial charge in [-0.1, -0.05) is 12.2 Å². The number of ether oxygens (including phenoxy) is 1. The van der Waals surface area contributed by atoms with Crippen LogP contribution in [0.5, 0.6) is 0 Å². The molecule has 1 atom stereocenters. The van der Waals surface area contributed by atoms with Crippen molar-refractivity contribution in [1.82, 2.24) is 15.1 Å². The third-order valence-corrected chi connectivity index (χ3v) is 3.75. The Hall–Kier alpha value is -1.32. The number of nitrogens with one attached hydrogen (secondary N) is 1. The Morgan fingerprint density at radius 2 is 2.08 bits per heavy atom. The molecule has 1 unspecified atom stereocenters. The van der Waals surface area contributed by atoms with Crippen molar-refractivity contribution in [2.75, 3.05) is 46.9 Å². The van der Waals surface area contributed by atoms with Crippen LogP contribution >= 0.6 is 24.0 Å². The SMILES string of the molecule is C=C(C)CNC(=NCC(=O)N(C)C)N1CCCC(C(=O)OCC)C1.I. The molecule has 0 bridgehead atoms. The maximum absolute atomic E-state index is 12.0. The van der Waals surface area contributed by atoms with Gasteiger partial charge in [0.05, 0.1) is 12.5 Å². The quantitative estimate of drug-likeness (QED) is 0.211. The first-order chi connectivity index (χ1) is 11.3. The Bertz CT molecular complexity index is 494. The van der Waals surface area contributed by atoms with E-state index in [9.17, 15) is 9.59 Å². The van der Waals surface area contributed by atoms with Crippen molar-refractivity contribution in [2.45, 2.75) is 26.7 Å². The highest BCUT2D eigenvalue weighted by molar-refractivity contribution is 14.0. The van der Waals surface area contributed by atoms with Crippen LogP contribution in [0.25, 0.3) is 0 Å². The summed E-state index contributed by atoms with van der Waals surface area (Å²) < 4.78 is 5.14. The van der Waals surface area contributed by atoms with Crippen LogP contribution in [0.15, 0.2) is 17.1 Å². The number of aliphatic imine (C=N–C) groups is 1. The minimum atomic E-state index is -0.161. The number of esters is 1. The number of hydrogen-bond donors (Lipinski definition) is 1. The highest BCUT2D eigenvalue weighted by atomic mass is 127. The van der Waals surface area contributed by atoms with Gasteiger partial charge in [-0.15, -0.1) is 24.0 Å². The Labute approximate surface area is 167 Å². The van der Waals surface area contributed by atoms with E-state index in [1.165, 1.54) is 4.90 Å². The molecule has 7 nitrogen and oxygen atoms in total. The molecule has 0 aromatic carbocycles. The number of hydrogen-bond acceptors (Lipinski definition) is 4. The van der Waals surface area contributed by atoms with Gasteiger partial charge in [-0.05, 0) is 26.7 Å². The normalized spacial score (nSPS) is 17.4. The van der Waals surface area contributed by atoms with E-state index in [4.69, 9.17) is 4.74 Å². The molecule has 1 amide bonds. The van der Waals surface area contributed by atoms with Crippen LogP contribution in [0.2, 0.25) is 0 Å². The van der Waals surface area contributed by atoms with Crippen LogP contribution in [-0.2, 0) is 14.3 Å². The van der Waals surface area contributed by atoms with Gasteiger partial charge >= 0.3 is 5.97 Å². The second-order valence-electron chi connectivity index (χ2n) is 6.28. The molecular weight excluding hydrogens is 435 g/mol. The van der Waals surface area contributed by atoms with Gasteiger partial charge in [0.1, 0.15) is 6.54 Å². The summed E-state index contributed by atoms with van der Waals surface area (Å²) in [4.78, 5) is 31.8. The van der Waals surface area contributed by atoms with Crippen molar-refractivity contribution >= 4 is 41.8 Å². The number of halogens is 1. The summed E-state index contributed by atoms with van der Waals surface area (Å²) in [5.41, 5.74) is 0.973. The van der Waals surface area contributed by atoms with E-state index in [0.717, 1.165) is 25.0 Å². The monoisotopic (exact) mass is 466 g/mol. The smallest absolute Gasteiger partial charge is 0.310 e. The summed E-state index contributed by atoms with van der Waals surface area (Å²) in [6, 6.07) is 0. The molecule has 25 heavy (non-hydrogen) atoms. The molecule has 0 aliphatic carbocycles. The number of amides is 1. The van der Waals surface area contributed by atoms with Gasteiger partial charge in [0.2, 0.25) is 5.91 Å². The van der Waals surface area contributed by atoms with E-state index >= 15 is 0 Å². The number of carbonyl (C=O) groups excluding carboxylic acids is 2. The van der Waals surface area contributed by atoms with Crippen molar-refractivity contribution in [3.05, 3.63) is 12.2 Å². The molecule has 144 valence electrons. The lowest BCUT2D eigenvalue weighted by Crippen LogP contribution is -2.49. The summed E-state index contributed by atoms with van der Waals surface area (Å²) in [6.07, 6.45) is 1.71. The molecule has 1 N–H and O–H groups in total. The fourth-order valence-corrected chi connectivity index (χ4v) is 2.40. The molecule has 1 fully saturated rings. The number of likely N-dealkylation sites (N-methyl/N-ethyl adjacent to an activating group) is 1. The lowest BCUT2D eigenvalue weighted by molar-refractivity contribution is -0.149. The zero-order chi connectivity index (χ0) is 18.1. The summed E-state index contributed by atoms with van der Waals surface area (Å²) >= 11 is 0. The second-order valence-corrected chi connectivity index (χ2v) is 6.28. The minimum absolute atomic E-state index is 0. The molecular formula is C17H31IN4O3. The second kappa shape index (κ2) is 12.1. The predicted octanol–water partition coefficient (Wildman–Crippen LogP) is 1.49. The summed E-state index contributed by atoms with van der Waals surface area (Å²) in [7, 11) is 3.41. The van der Waals surface area contributed by atoms with Gasteiger partial charge in [0.15, 0.2) is 5.96 Å². The molecule has 0 aromatic rings. The minimum Gasteiger partial charge on any atom is -0.466 e. The van der Waals surface area contributed by atoms with E-state index < -0.39 is 0 Å². The van der Waals surface area contributed by atoms with Crippen LogP contribution < -0.4 is 5.32 Å². The zero-order valence-electron chi connectivity index (χ0n) is 15.7. The van der Waals surface area contributed by atoms with Crippen LogP contribution in [0.4, 0.5) is 0 Å². The van der Waals surface area contributed by atoms with Crippen molar-refractivity contribution < 1.29 is 14.3 Å². The van der Waals surface area contributed by atoms with Crippen molar-refractivity contribution in [3.8, 4) is 0 Å². The van der Waals surface area contributed by atoms with E-state index in [1.807, 2.05) is 18.7 Å². The Morgan fingerprint density at radius 3 is 2.64 bits per heavy atom. The standard InChI is InChI=1S/C17H30N4O3.HI/c1-6-24-16(23)14-8-7-9-21(12-14)17(18-10-13(2)3)19-11-15(22)20(4)5;/h14H,2,6-12H2,1,3-5H3,(H,18,19);1H. The molecule has 1 aliphatic heterocycles. The van der Waals surface area contributed by atoms with Crippen molar-refractivity contribution in [3.63, 3.8) is 0 Å². The van der Waals surface area contributed by atoms with E-state index in [0.29, 0.717) is 25.7 Å². The predicted molar refractivity (Wildman–Crippen MR) is 110 cm³/mol. The third kappa shape index (κ3) is 8.55.